The molecule has 0 unspecified atom stereocenters. The van der Waals surface area contributed by atoms with Crippen LogP contribution in [0.25, 0.3) is 0 Å². The van der Waals surface area contributed by atoms with Gasteiger partial charge in [0, 0.05) is 18.9 Å². The van der Waals surface area contributed by atoms with Crippen molar-refractivity contribution in [3.05, 3.63) is 30.3 Å². The number of rotatable bonds is 10. The first kappa shape index (κ1) is 15.7. The Morgan fingerprint density at radius 1 is 1.16 bits per heavy atom. The second-order valence-electron chi connectivity index (χ2n) is 4.41. The van der Waals surface area contributed by atoms with Gasteiger partial charge in [-0.15, -0.1) is 0 Å². The molecule has 0 fully saturated rings. The molecule has 106 valence electrons. The van der Waals surface area contributed by atoms with E-state index in [-0.39, 0.29) is 5.91 Å². The van der Waals surface area contributed by atoms with Gasteiger partial charge in [0.2, 0.25) is 5.91 Å². The van der Waals surface area contributed by atoms with Crippen LogP contribution in [0.1, 0.15) is 26.2 Å². The van der Waals surface area contributed by atoms with E-state index in [1.807, 2.05) is 30.3 Å². The van der Waals surface area contributed by atoms with Crippen LogP contribution in [0, 0.1) is 0 Å². The van der Waals surface area contributed by atoms with Gasteiger partial charge in [0.05, 0.1) is 6.54 Å². The summed E-state index contributed by atoms with van der Waals surface area (Å²) in [5.41, 5.74) is 0.831. The van der Waals surface area contributed by atoms with E-state index >= 15 is 0 Å². The van der Waals surface area contributed by atoms with E-state index in [2.05, 4.69) is 17.6 Å². The fraction of sp³-hybridized carbons (Fsp3) is 0.533. The quantitative estimate of drug-likeness (QED) is 0.638. The van der Waals surface area contributed by atoms with Crippen molar-refractivity contribution in [3.8, 4) is 0 Å². The van der Waals surface area contributed by atoms with Gasteiger partial charge in [0.1, 0.15) is 0 Å². The average molecular weight is 264 g/mol. The van der Waals surface area contributed by atoms with Crippen molar-refractivity contribution < 1.29 is 9.53 Å². The Morgan fingerprint density at radius 3 is 2.63 bits per heavy atom. The van der Waals surface area contributed by atoms with Crippen molar-refractivity contribution >= 4 is 11.6 Å². The third kappa shape index (κ3) is 8.35. The highest BCUT2D eigenvalue weighted by atomic mass is 16.5. The summed E-state index contributed by atoms with van der Waals surface area (Å²) in [4.78, 5) is 11.6. The predicted octanol–water partition coefficient (Wildman–Crippen LogP) is 2.42. The lowest BCUT2D eigenvalue weighted by Crippen LogP contribution is -2.29. The highest BCUT2D eigenvalue weighted by Crippen LogP contribution is 2.03. The topological polar surface area (TPSA) is 50.4 Å². The molecule has 0 saturated carbocycles. The molecule has 0 aliphatic rings. The second-order valence-corrected chi connectivity index (χ2v) is 4.41. The highest BCUT2D eigenvalue weighted by Gasteiger charge is 2.00. The number of amides is 1. The Labute approximate surface area is 115 Å². The molecule has 1 aromatic rings. The van der Waals surface area contributed by atoms with Crippen LogP contribution in [0.5, 0.6) is 0 Å². The Kier molecular flexibility index (Phi) is 8.68. The Morgan fingerprint density at radius 2 is 1.89 bits per heavy atom. The molecular weight excluding hydrogens is 240 g/mol. The largest absolute Gasteiger partial charge is 0.381 e. The van der Waals surface area contributed by atoms with E-state index in [0.29, 0.717) is 6.54 Å². The van der Waals surface area contributed by atoms with E-state index < -0.39 is 0 Å². The Balaban J connectivity index is 1.96. The summed E-state index contributed by atoms with van der Waals surface area (Å²) in [5.74, 6) is -0.0156. The van der Waals surface area contributed by atoms with E-state index in [1.165, 1.54) is 0 Å². The molecule has 0 aliphatic carbocycles. The van der Waals surface area contributed by atoms with Crippen LogP contribution >= 0.6 is 0 Å². The monoisotopic (exact) mass is 264 g/mol. The zero-order valence-electron chi connectivity index (χ0n) is 11.7. The summed E-state index contributed by atoms with van der Waals surface area (Å²) < 4.78 is 5.44. The van der Waals surface area contributed by atoms with Gasteiger partial charge in [-0.2, -0.15) is 0 Å². The van der Waals surface area contributed by atoms with Crippen molar-refractivity contribution in [1.82, 2.24) is 5.32 Å². The number of carbonyl (C=O) groups is 1. The Bertz CT molecular complexity index is 341. The SMILES string of the molecule is CCCCOCCCNCC(=O)Nc1ccccc1. The number of ether oxygens (including phenoxy) is 1. The van der Waals surface area contributed by atoms with Gasteiger partial charge in [0.25, 0.3) is 0 Å². The molecule has 1 aromatic carbocycles. The standard InChI is InChI=1S/C15H24N2O2/c1-2-3-11-19-12-7-10-16-13-15(18)17-14-8-5-4-6-9-14/h4-6,8-9,16H,2-3,7,10-13H2,1H3,(H,17,18). The smallest absolute Gasteiger partial charge is 0.238 e. The van der Waals surface area contributed by atoms with Crippen molar-refractivity contribution in [2.75, 3.05) is 31.6 Å². The molecule has 0 aliphatic heterocycles. The van der Waals surface area contributed by atoms with Crippen molar-refractivity contribution in [2.24, 2.45) is 0 Å². The molecule has 19 heavy (non-hydrogen) atoms. The van der Waals surface area contributed by atoms with Gasteiger partial charge in [-0.3, -0.25) is 4.79 Å². The normalized spacial score (nSPS) is 10.4. The second kappa shape index (κ2) is 10.5. The van der Waals surface area contributed by atoms with Crippen LogP contribution in [0.2, 0.25) is 0 Å². The molecule has 0 bridgehead atoms. The number of nitrogens with one attached hydrogen (secondary N) is 2. The van der Waals surface area contributed by atoms with Crippen LogP contribution in [-0.2, 0) is 9.53 Å². The molecule has 4 nitrogen and oxygen atoms in total. The summed E-state index contributed by atoms with van der Waals surface area (Å²) >= 11 is 0. The van der Waals surface area contributed by atoms with Gasteiger partial charge in [-0.05, 0) is 31.5 Å². The van der Waals surface area contributed by atoms with Crippen LogP contribution in [0.15, 0.2) is 30.3 Å². The van der Waals surface area contributed by atoms with Gasteiger partial charge in [0.15, 0.2) is 0 Å². The first-order chi connectivity index (χ1) is 9.33. The molecular formula is C15H24N2O2. The summed E-state index contributed by atoms with van der Waals surface area (Å²) in [7, 11) is 0. The van der Waals surface area contributed by atoms with Crippen LogP contribution in [0.4, 0.5) is 5.69 Å². The predicted molar refractivity (Wildman–Crippen MR) is 78.3 cm³/mol. The molecule has 4 heteroatoms. The average Bonchev–Trinajstić information content (AvgIpc) is 2.43. The minimum atomic E-state index is -0.0156. The zero-order chi connectivity index (χ0) is 13.8. The molecule has 2 N–H and O–H groups in total. The summed E-state index contributed by atoms with van der Waals surface area (Å²) in [6, 6.07) is 9.47. The first-order valence-electron chi connectivity index (χ1n) is 6.96. The lowest BCUT2D eigenvalue weighted by molar-refractivity contribution is -0.115. The number of unbranched alkanes of at least 4 members (excludes halogenated alkanes) is 1. The number of anilines is 1. The van der Waals surface area contributed by atoms with Gasteiger partial charge in [-0.25, -0.2) is 0 Å². The molecule has 1 rings (SSSR count). The molecule has 0 atom stereocenters. The summed E-state index contributed by atoms with van der Waals surface area (Å²) in [6.07, 6.45) is 3.22. The van der Waals surface area contributed by atoms with Crippen molar-refractivity contribution in [3.63, 3.8) is 0 Å². The molecule has 0 radical (unpaired) electrons. The van der Waals surface area contributed by atoms with E-state index in [1.54, 1.807) is 0 Å². The number of para-hydroxylation sites is 1. The molecule has 0 spiro atoms. The summed E-state index contributed by atoms with van der Waals surface area (Å²) in [5, 5.41) is 5.93. The molecule has 0 aromatic heterocycles. The van der Waals surface area contributed by atoms with E-state index in [0.717, 1.165) is 44.7 Å². The van der Waals surface area contributed by atoms with Crippen molar-refractivity contribution in [1.29, 1.82) is 0 Å². The van der Waals surface area contributed by atoms with Crippen LogP contribution in [0.3, 0.4) is 0 Å². The zero-order valence-corrected chi connectivity index (χ0v) is 11.7. The number of benzene rings is 1. The van der Waals surface area contributed by atoms with Gasteiger partial charge >= 0.3 is 0 Å². The molecule has 1 amide bonds. The van der Waals surface area contributed by atoms with Gasteiger partial charge in [-0.1, -0.05) is 31.5 Å². The first-order valence-corrected chi connectivity index (χ1v) is 6.96. The van der Waals surface area contributed by atoms with Gasteiger partial charge < -0.3 is 15.4 Å². The van der Waals surface area contributed by atoms with E-state index in [4.69, 9.17) is 4.74 Å². The van der Waals surface area contributed by atoms with Crippen molar-refractivity contribution in [2.45, 2.75) is 26.2 Å². The Hall–Kier alpha value is -1.39. The lowest BCUT2D eigenvalue weighted by Gasteiger charge is -2.07. The van der Waals surface area contributed by atoms with Crippen LogP contribution in [-0.4, -0.2) is 32.2 Å². The number of hydrogen-bond acceptors (Lipinski definition) is 3. The van der Waals surface area contributed by atoms with E-state index in [9.17, 15) is 4.79 Å². The fourth-order valence-corrected chi connectivity index (χ4v) is 1.58. The maximum absolute atomic E-state index is 11.6. The number of carbonyl (C=O) groups excluding carboxylic acids is 1. The third-order valence-corrected chi connectivity index (χ3v) is 2.63. The lowest BCUT2D eigenvalue weighted by atomic mass is 10.3. The molecule has 0 heterocycles. The van der Waals surface area contributed by atoms with Crippen LogP contribution < -0.4 is 10.6 Å². The minimum Gasteiger partial charge on any atom is -0.381 e. The number of hydrogen-bond donors (Lipinski definition) is 2. The highest BCUT2D eigenvalue weighted by molar-refractivity contribution is 5.92. The maximum Gasteiger partial charge on any atom is 0.238 e. The maximum atomic E-state index is 11.6. The fourth-order valence-electron chi connectivity index (χ4n) is 1.58. The minimum absolute atomic E-state index is 0.0156. The molecule has 0 saturated heterocycles. The third-order valence-electron chi connectivity index (χ3n) is 2.63. The summed E-state index contributed by atoms with van der Waals surface area (Å²) in [6.45, 7) is 4.88.